The van der Waals surface area contributed by atoms with Gasteiger partial charge in [-0.25, -0.2) is 0 Å². The van der Waals surface area contributed by atoms with Crippen molar-refractivity contribution in [3.8, 4) is 5.75 Å². The van der Waals surface area contributed by atoms with Crippen LogP contribution in [0.15, 0.2) is 48.5 Å². The first-order valence-corrected chi connectivity index (χ1v) is 7.92. The lowest BCUT2D eigenvalue weighted by Crippen LogP contribution is -2.30. The number of carbonyl (C=O) groups is 2. The molecule has 2 N–H and O–H groups in total. The van der Waals surface area contributed by atoms with Crippen LogP contribution in [-0.4, -0.2) is 17.9 Å². The summed E-state index contributed by atoms with van der Waals surface area (Å²) in [6.07, 6.45) is -0.238. The number of aryl methyl sites for hydroxylation is 1. The number of rotatable bonds is 6. The second-order valence-corrected chi connectivity index (χ2v) is 5.55. The minimum atomic E-state index is -0.638. The molecule has 24 heavy (non-hydrogen) atoms. The zero-order valence-corrected chi connectivity index (χ0v) is 14.1. The molecule has 0 saturated heterocycles. The molecule has 0 aliphatic rings. The highest BCUT2D eigenvalue weighted by molar-refractivity contribution is 5.95. The molecule has 2 rings (SSSR count). The third-order valence-electron chi connectivity index (χ3n) is 3.41. The van der Waals surface area contributed by atoms with Gasteiger partial charge < -0.3 is 15.4 Å². The lowest BCUT2D eigenvalue weighted by atomic mass is 10.2. The standard InChI is InChI=1S/C19H22N2O3/c1-4-18(22)20-15-8-6-9-16(12-15)21-19(23)14(3)24-17-10-5-7-13(2)11-17/h5-12,14H,4H2,1-3H3,(H,20,22)(H,21,23)/t14-/m1/s1. The minimum absolute atomic E-state index is 0.0744. The Balaban J connectivity index is 1.98. The summed E-state index contributed by atoms with van der Waals surface area (Å²) in [7, 11) is 0. The topological polar surface area (TPSA) is 67.4 Å². The van der Waals surface area contributed by atoms with E-state index in [9.17, 15) is 9.59 Å². The van der Waals surface area contributed by atoms with Crippen LogP contribution in [0.4, 0.5) is 11.4 Å². The molecule has 0 aliphatic carbocycles. The van der Waals surface area contributed by atoms with Crippen molar-refractivity contribution < 1.29 is 14.3 Å². The minimum Gasteiger partial charge on any atom is -0.481 e. The fourth-order valence-corrected chi connectivity index (χ4v) is 2.11. The molecule has 5 heteroatoms. The van der Waals surface area contributed by atoms with Gasteiger partial charge in [-0.2, -0.15) is 0 Å². The van der Waals surface area contributed by atoms with Gasteiger partial charge in [0.05, 0.1) is 0 Å². The largest absolute Gasteiger partial charge is 0.481 e. The van der Waals surface area contributed by atoms with Crippen LogP contribution in [0.5, 0.6) is 5.75 Å². The second-order valence-electron chi connectivity index (χ2n) is 5.55. The monoisotopic (exact) mass is 326 g/mol. The Morgan fingerprint density at radius 2 is 1.71 bits per heavy atom. The molecule has 0 spiro atoms. The van der Waals surface area contributed by atoms with E-state index >= 15 is 0 Å². The summed E-state index contributed by atoms with van der Waals surface area (Å²) < 4.78 is 5.66. The molecule has 1 atom stereocenters. The maximum Gasteiger partial charge on any atom is 0.265 e. The van der Waals surface area contributed by atoms with Gasteiger partial charge in [-0.05, 0) is 49.7 Å². The third kappa shape index (κ3) is 5.12. The Labute approximate surface area is 142 Å². The van der Waals surface area contributed by atoms with Crippen LogP contribution < -0.4 is 15.4 Å². The van der Waals surface area contributed by atoms with Crippen LogP contribution in [0.2, 0.25) is 0 Å². The van der Waals surface area contributed by atoms with Crippen molar-refractivity contribution >= 4 is 23.2 Å². The SMILES string of the molecule is CCC(=O)Nc1cccc(NC(=O)[C@@H](C)Oc2cccc(C)c2)c1. The number of ether oxygens (including phenoxy) is 1. The van der Waals surface area contributed by atoms with Gasteiger partial charge in [0.2, 0.25) is 5.91 Å². The molecule has 0 heterocycles. The first kappa shape index (κ1) is 17.5. The number of nitrogens with one attached hydrogen (secondary N) is 2. The van der Waals surface area contributed by atoms with Crippen LogP contribution in [0.25, 0.3) is 0 Å². The van der Waals surface area contributed by atoms with Gasteiger partial charge in [0.15, 0.2) is 6.10 Å². The number of carbonyl (C=O) groups excluding carboxylic acids is 2. The summed E-state index contributed by atoms with van der Waals surface area (Å²) in [5.41, 5.74) is 2.32. The molecule has 0 aliphatic heterocycles. The number of anilines is 2. The van der Waals surface area contributed by atoms with E-state index in [1.165, 1.54) is 0 Å². The van der Waals surface area contributed by atoms with E-state index in [1.54, 1.807) is 38.1 Å². The Kier molecular flexibility index (Phi) is 5.95. The summed E-state index contributed by atoms with van der Waals surface area (Å²) in [5, 5.41) is 5.55. The van der Waals surface area contributed by atoms with E-state index in [2.05, 4.69) is 10.6 Å². The predicted octanol–water partition coefficient (Wildman–Crippen LogP) is 3.75. The van der Waals surface area contributed by atoms with Crippen LogP contribution >= 0.6 is 0 Å². The van der Waals surface area contributed by atoms with Crippen molar-refractivity contribution in [2.24, 2.45) is 0 Å². The molecule has 2 aromatic rings. The maximum absolute atomic E-state index is 12.3. The van der Waals surface area contributed by atoms with E-state index in [1.807, 2.05) is 31.2 Å². The summed E-state index contributed by atoms with van der Waals surface area (Å²) >= 11 is 0. The molecule has 2 amide bonds. The molecule has 2 aromatic carbocycles. The third-order valence-corrected chi connectivity index (χ3v) is 3.41. The lowest BCUT2D eigenvalue weighted by Gasteiger charge is -2.15. The number of hydrogen-bond donors (Lipinski definition) is 2. The molecule has 0 radical (unpaired) electrons. The quantitative estimate of drug-likeness (QED) is 0.849. The second kappa shape index (κ2) is 8.15. The summed E-state index contributed by atoms with van der Waals surface area (Å²) in [5.74, 6) is 0.326. The molecule has 0 saturated carbocycles. The lowest BCUT2D eigenvalue weighted by molar-refractivity contribution is -0.122. The van der Waals surface area contributed by atoms with Crippen molar-refractivity contribution in [1.29, 1.82) is 0 Å². The van der Waals surface area contributed by atoms with Gasteiger partial charge in [-0.3, -0.25) is 9.59 Å². The molecule has 0 aromatic heterocycles. The molecule has 0 bridgehead atoms. The first-order valence-electron chi connectivity index (χ1n) is 7.92. The van der Waals surface area contributed by atoms with E-state index in [4.69, 9.17) is 4.74 Å². The smallest absolute Gasteiger partial charge is 0.265 e. The highest BCUT2D eigenvalue weighted by atomic mass is 16.5. The van der Waals surface area contributed by atoms with Gasteiger partial charge in [0, 0.05) is 17.8 Å². The average molecular weight is 326 g/mol. The van der Waals surface area contributed by atoms with Crippen LogP contribution in [0.3, 0.4) is 0 Å². The Morgan fingerprint density at radius 1 is 1.04 bits per heavy atom. The maximum atomic E-state index is 12.3. The molecule has 126 valence electrons. The molecule has 0 unspecified atom stereocenters. The Morgan fingerprint density at radius 3 is 2.38 bits per heavy atom. The number of hydrogen-bond acceptors (Lipinski definition) is 3. The molecule has 0 fully saturated rings. The zero-order chi connectivity index (χ0) is 17.5. The zero-order valence-electron chi connectivity index (χ0n) is 14.1. The van der Waals surface area contributed by atoms with E-state index in [0.717, 1.165) is 5.56 Å². The van der Waals surface area contributed by atoms with Crippen molar-refractivity contribution in [2.75, 3.05) is 10.6 Å². The van der Waals surface area contributed by atoms with Gasteiger partial charge in [-0.15, -0.1) is 0 Å². The van der Waals surface area contributed by atoms with Crippen molar-refractivity contribution in [2.45, 2.75) is 33.3 Å². The van der Waals surface area contributed by atoms with Gasteiger partial charge >= 0.3 is 0 Å². The predicted molar refractivity (Wildman–Crippen MR) is 95.3 cm³/mol. The van der Waals surface area contributed by atoms with E-state index in [0.29, 0.717) is 23.5 Å². The highest BCUT2D eigenvalue weighted by Gasteiger charge is 2.15. The fraction of sp³-hybridized carbons (Fsp3) is 0.263. The van der Waals surface area contributed by atoms with Gasteiger partial charge in [-0.1, -0.05) is 25.1 Å². The Bertz CT molecular complexity index is 728. The molecular weight excluding hydrogens is 304 g/mol. The number of amides is 2. The van der Waals surface area contributed by atoms with Gasteiger partial charge in [0.25, 0.3) is 5.91 Å². The van der Waals surface area contributed by atoms with Crippen LogP contribution in [-0.2, 0) is 9.59 Å². The van der Waals surface area contributed by atoms with Crippen molar-refractivity contribution in [1.82, 2.24) is 0 Å². The highest BCUT2D eigenvalue weighted by Crippen LogP contribution is 2.17. The van der Waals surface area contributed by atoms with Crippen molar-refractivity contribution in [3.63, 3.8) is 0 Å². The first-order chi connectivity index (χ1) is 11.5. The molecule has 5 nitrogen and oxygen atoms in total. The van der Waals surface area contributed by atoms with E-state index < -0.39 is 6.10 Å². The summed E-state index contributed by atoms with van der Waals surface area (Å²) in [6, 6.07) is 14.6. The molecular formula is C19H22N2O3. The van der Waals surface area contributed by atoms with E-state index in [-0.39, 0.29) is 11.8 Å². The average Bonchev–Trinajstić information content (AvgIpc) is 2.55. The Hall–Kier alpha value is -2.82. The number of benzene rings is 2. The summed E-state index contributed by atoms with van der Waals surface area (Å²) in [6.45, 7) is 5.44. The fourth-order valence-electron chi connectivity index (χ4n) is 2.11. The normalized spacial score (nSPS) is 11.5. The van der Waals surface area contributed by atoms with Crippen LogP contribution in [0, 0.1) is 6.92 Å². The summed E-state index contributed by atoms with van der Waals surface area (Å²) in [4.78, 5) is 23.7. The van der Waals surface area contributed by atoms with Gasteiger partial charge in [0.1, 0.15) is 5.75 Å². The van der Waals surface area contributed by atoms with Crippen LogP contribution in [0.1, 0.15) is 25.8 Å². The van der Waals surface area contributed by atoms with Crippen molar-refractivity contribution in [3.05, 3.63) is 54.1 Å².